The van der Waals surface area contributed by atoms with Crippen LogP contribution in [0.25, 0.3) is 10.9 Å². The Balaban J connectivity index is 2.47. The second-order valence-electron chi connectivity index (χ2n) is 3.76. The second kappa shape index (κ2) is 5.31. The summed E-state index contributed by atoms with van der Waals surface area (Å²) in [6.07, 6.45) is 3.60. The first-order valence-electron chi connectivity index (χ1n) is 5.36. The molecule has 17 heavy (non-hydrogen) atoms. The maximum Gasteiger partial charge on any atom is 0.338 e. The molecule has 90 valence electrons. The summed E-state index contributed by atoms with van der Waals surface area (Å²) in [7, 11) is 1.39. The van der Waals surface area contributed by atoms with E-state index in [4.69, 9.17) is 4.74 Å². The summed E-state index contributed by atoms with van der Waals surface area (Å²) >= 11 is 3.40. The number of ether oxygens (including phenoxy) is 1. The van der Waals surface area contributed by atoms with Crippen LogP contribution in [0.2, 0.25) is 0 Å². The van der Waals surface area contributed by atoms with Gasteiger partial charge in [0.15, 0.2) is 0 Å². The van der Waals surface area contributed by atoms with Gasteiger partial charge >= 0.3 is 5.97 Å². The van der Waals surface area contributed by atoms with E-state index in [0.717, 1.165) is 34.6 Å². The molecule has 0 saturated heterocycles. The number of methoxy groups -OCH3 is 1. The van der Waals surface area contributed by atoms with Gasteiger partial charge in [0.25, 0.3) is 0 Å². The maximum atomic E-state index is 11.7. The summed E-state index contributed by atoms with van der Waals surface area (Å²) in [5.41, 5.74) is 2.56. The number of carbonyl (C=O) groups excluding carboxylic acids is 1. The topological polar surface area (TPSA) is 55.0 Å². The lowest BCUT2D eigenvalue weighted by molar-refractivity contribution is 0.0603. The molecule has 0 unspecified atom stereocenters. The second-order valence-corrected chi connectivity index (χ2v) is 4.55. The van der Waals surface area contributed by atoms with Gasteiger partial charge in [-0.2, -0.15) is 5.10 Å². The molecule has 5 heteroatoms. The van der Waals surface area contributed by atoms with Crippen molar-refractivity contribution in [2.45, 2.75) is 12.8 Å². The molecular formula is C12H13BrN2O2. The molecule has 2 aromatic rings. The molecule has 0 radical (unpaired) electrons. The van der Waals surface area contributed by atoms with E-state index in [2.05, 4.69) is 26.1 Å². The van der Waals surface area contributed by atoms with Crippen molar-refractivity contribution in [1.29, 1.82) is 0 Å². The SMILES string of the molecule is COC(=O)c1cc(CCCBr)cc2[nH]ncc12. The third-order valence-electron chi connectivity index (χ3n) is 2.62. The van der Waals surface area contributed by atoms with Gasteiger partial charge in [0.2, 0.25) is 0 Å². The number of nitrogens with zero attached hydrogens (tertiary/aromatic N) is 1. The monoisotopic (exact) mass is 296 g/mol. The number of alkyl halides is 1. The Kier molecular flexibility index (Phi) is 3.78. The first kappa shape index (κ1) is 12.1. The molecule has 1 heterocycles. The predicted octanol–water partition coefficient (Wildman–Crippen LogP) is 2.68. The molecule has 0 saturated carbocycles. The molecular weight excluding hydrogens is 284 g/mol. The van der Waals surface area contributed by atoms with Gasteiger partial charge in [0.1, 0.15) is 0 Å². The molecule has 4 nitrogen and oxygen atoms in total. The van der Waals surface area contributed by atoms with Crippen LogP contribution in [-0.2, 0) is 11.2 Å². The lowest BCUT2D eigenvalue weighted by Crippen LogP contribution is -2.03. The largest absolute Gasteiger partial charge is 0.465 e. The number of carbonyl (C=O) groups is 1. The Morgan fingerprint density at radius 3 is 3.06 bits per heavy atom. The Hall–Kier alpha value is -1.36. The van der Waals surface area contributed by atoms with E-state index < -0.39 is 0 Å². The first-order chi connectivity index (χ1) is 8.26. The van der Waals surface area contributed by atoms with Crippen LogP contribution in [0.5, 0.6) is 0 Å². The van der Waals surface area contributed by atoms with E-state index in [1.165, 1.54) is 7.11 Å². The number of aromatic amines is 1. The average molecular weight is 297 g/mol. The van der Waals surface area contributed by atoms with Gasteiger partial charge in [0.05, 0.1) is 24.4 Å². The van der Waals surface area contributed by atoms with E-state index in [1.54, 1.807) is 6.20 Å². The number of hydrogen-bond acceptors (Lipinski definition) is 3. The van der Waals surface area contributed by atoms with Crippen LogP contribution < -0.4 is 0 Å². The average Bonchev–Trinajstić information content (AvgIpc) is 2.82. The number of aromatic nitrogens is 2. The van der Waals surface area contributed by atoms with E-state index in [9.17, 15) is 4.79 Å². The van der Waals surface area contributed by atoms with Crippen molar-refractivity contribution >= 4 is 32.8 Å². The number of fused-ring (bicyclic) bond motifs is 1. The minimum absolute atomic E-state index is 0.322. The van der Waals surface area contributed by atoms with Crippen molar-refractivity contribution in [2.24, 2.45) is 0 Å². The zero-order valence-corrected chi connectivity index (χ0v) is 11.1. The molecule has 1 N–H and O–H groups in total. The van der Waals surface area contributed by atoms with Gasteiger partial charge in [-0.1, -0.05) is 15.9 Å². The Morgan fingerprint density at radius 1 is 1.53 bits per heavy atom. The number of esters is 1. The summed E-state index contributed by atoms with van der Waals surface area (Å²) in [5, 5.41) is 8.60. The van der Waals surface area contributed by atoms with E-state index in [0.29, 0.717) is 5.56 Å². The van der Waals surface area contributed by atoms with Crippen LogP contribution in [0.4, 0.5) is 0 Å². The molecule has 0 spiro atoms. The normalized spacial score (nSPS) is 10.7. The quantitative estimate of drug-likeness (QED) is 0.697. The minimum atomic E-state index is -0.322. The lowest BCUT2D eigenvalue weighted by atomic mass is 10.0. The summed E-state index contributed by atoms with van der Waals surface area (Å²) in [4.78, 5) is 11.7. The fourth-order valence-electron chi connectivity index (χ4n) is 1.81. The highest BCUT2D eigenvalue weighted by Crippen LogP contribution is 2.21. The van der Waals surface area contributed by atoms with Crippen LogP contribution >= 0.6 is 15.9 Å². The van der Waals surface area contributed by atoms with Crippen LogP contribution in [0.3, 0.4) is 0 Å². The van der Waals surface area contributed by atoms with Crippen molar-refractivity contribution in [3.8, 4) is 0 Å². The molecule has 0 aliphatic heterocycles. The highest BCUT2D eigenvalue weighted by Gasteiger charge is 2.13. The third kappa shape index (κ3) is 2.49. The van der Waals surface area contributed by atoms with Gasteiger partial charge in [-0.05, 0) is 30.5 Å². The summed E-state index contributed by atoms with van der Waals surface area (Å²) in [6, 6.07) is 3.91. The molecule has 1 aromatic carbocycles. The van der Waals surface area contributed by atoms with Crippen LogP contribution in [0.1, 0.15) is 22.3 Å². The highest BCUT2D eigenvalue weighted by atomic mass is 79.9. The molecule has 0 fully saturated rings. The van der Waals surface area contributed by atoms with Crippen LogP contribution in [0.15, 0.2) is 18.3 Å². The molecule has 0 aliphatic carbocycles. The third-order valence-corrected chi connectivity index (χ3v) is 3.18. The summed E-state index contributed by atoms with van der Waals surface area (Å²) < 4.78 is 4.78. The number of H-pyrrole nitrogens is 1. The fraction of sp³-hybridized carbons (Fsp3) is 0.333. The molecule has 0 bridgehead atoms. The zero-order valence-electron chi connectivity index (χ0n) is 9.50. The van der Waals surface area contributed by atoms with E-state index in [-0.39, 0.29) is 5.97 Å². The fourth-order valence-corrected chi connectivity index (χ4v) is 2.09. The highest BCUT2D eigenvalue weighted by molar-refractivity contribution is 9.09. The number of hydrogen-bond donors (Lipinski definition) is 1. The van der Waals surface area contributed by atoms with Crippen LogP contribution in [-0.4, -0.2) is 28.6 Å². The molecule has 1 aromatic heterocycles. The van der Waals surface area contributed by atoms with E-state index in [1.807, 2.05) is 12.1 Å². The summed E-state index contributed by atoms with van der Waals surface area (Å²) in [5.74, 6) is -0.322. The van der Waals surface area contributed by atoms with Crippen LogP contribution in [0, 0.1) is 0 Å². The summed E-state index contributed by atoms with van der Waals surface area (Å²) in [6.45, 7) is 0. The smallest absolute Gasteiger partial charge is 0.338 e. The van der Waals surface area contributed by atoms with Crippen molar-refractivity contribution < 1.29 is 9.53 Å². The van der Waals surface area contributed by atoms with Gasteiger partial charge < -0.3 is 4.74 Å². The number of benzene rings is 1. The number of nitrogens with one attached hydrogen (secondary N) is 1. The lowest BCUT2D eigenvalue weighted by Gasteiger charge is -2.05. The van der Waals surface area contributed by atoms with Gasteiger partial charge in [-0.3, -0.25) is 5.10 Å². The van der Waals surface area contributed by atoms with E-state index >= 15 is 0 Å². The minimum Gasteiger partial charge on any atom is -0.465 e. The van der Waals surface area contributed by atoms with Crippen molar-refractivity contribution in [2.75, 3.05) is 12.4 Å². The van der Waals surface area contributed by atoms with Crippen molar-refractivity contribution in [3.05, 3.63) is 29.5 Å². The number of rotatable bonds is 4. The zero-order chi connectivity index (χ0) is 12.3. The molecule has 0 aliphatic rings. The Bertz CT molecular complexity index is 536. The molecule has 2 rings (SSSR count). The van der Waals surface area contributed by atoms with Crippen molar-refractivity contribution in [3.63, 3.8) is 0 Å². The molecule has 0 atom stereocenters. The Morgan fingerprint density at radius 2 is 2.35 bits per heavy atom. The molecule has 0 amide bonds. The van der Waals surface area contributed by atoms with Gasteiger partial charge in [-0.25, -0.2) is 4.79 Å². The Labute approximate surface area is 107 Å². The number of halogens is 1. The van der Waals surface area contributed by atoms with Gasteiger partial charge in [0, 0.05) is 10.7 Å². The maximum absolute atomic E-state index is 11.7. The number of aryl methyl sites for hydroxylation is 1. The van der Waals surface area contributed by atoms with Crippen molar-refractivity contribution in [1.82, 2.24) is 10.2 Å². The first-order valence-corrected chi connectivity index (χ1v) is 6.48. The predicted molar refractivity (Wildman–Crippen MR) is 69.5 cm³/mol. The standard InChI is InChI=1S/C12H13BrN2O2/c1-17-12(16)9-5-8(3-2-4-13)6-11-10(9)7-14-15-11/h5-7H,2-4H2,1H3,(H,14,15). The van der Waals surface area contributed by atoms with Gasteiger partial charge in [-0.15, -0.1) is 0 Å².